The van der Waals surface area contributed by atoms with Crippen molar-refractivity contribution in [3.63, 3.8) is 0 Å². The maximum absolute atomic E-state index is 12.3. The zero-order valence-corrected chi connectivity index (χ0v) is 25.0. The van der Waals surface area contributed by atoms with Gasteiger partial charge in [-0.1, -0.05) is 109 Å². The first-order chi connectivity index (χ1) is 21.2. The van der Waals surface area contributed by atoms with Gasteiger partial charge < -0.3 is 0 Å². The summed E-state index contributed by atoms with van der Waals surface area (Å²) in [4.78, 5) is 17.4. The fraction of sp³-hybridized carbons (Fsp3) is 0. The Morgan fingerprint density at radius 3 is 1.60 bits per heavy atom. The molecule has 0 unspecified atom stereocenters. The number of nitrogens with zero attached hydrogens (tertiary/aromatic N) is 1. The Labute approximate surface area is 255 Å². The van der Waals surface area contributed by atoms with Crippen LogP contribution in [0, 0.1) is 0 Å². The summed E-state index contributed by atoms with van der Waals surface area (Å²) in [5.74, 6) is 0. The van der Waals surface area contributed by atoms with Gasteiger partial charge in [-0.2, -0.15) is 0 Å². The molecule has 2 heterocycles. The topological polar surface area (TPSA) is 33.1 Å². The van der Waals surface area contributed by atoms with Crippen LogP contribution >= 0.6 is 18.8 Å². The molecule has 0 spiro atoms. The number of hydrogen-bond acceptors (Lipinski definition) is 3. The van der Waals surface area contributed by atoms with E-state index in [0.29, 0.717) is 0 Å². The number of aromatic nitrogens is 1. The number of para-hydroxylation sites is 1. The molecule has 0 amide bonds. The van der Waals surface area contributed by atoms with E-state index in [4.69, 9.17) is 4.98 Å². The molecule has 0 radical (unpaired) electrons. The van der Waals surface area contributed by atoms with Crippen LogP contribution in [0.3, 0.4) is 0 Å². The average Bonchev–Trinajstić information content (AvgIpc) is 3.49. The van der Waals surface area contributed by atoms with Crippen LogP contribution in [0.1, 0.15) is 0 Å². The number of pyridine rings is 1. The lowest BCUT2D eigenvalue weighted by Gasteiger charge is -2.20. The summed E-state index contributed by atoms with van der Waals surface area (Å²) in [5, 5.41) is 6.62. The second-order valence-electron chi connectivity index (χ2n) is 10.7. The monoisotopic (exact) mass is 588 g/mol. The summed E-state index contributed by atoms with van der Waals surface area (Å²) in [7, 11) is -2.75. The number of hydrogen-bond donors (Lipinski definition) is 1. The summed E-state index contributed by atoms with van der Waals surface area (Å²) in [6.45, 7) is 0. The quantitative estimate of drug-likeness (QED) is 0.203. The Kier molecular flexibility index (Phi) is 6.39. The van der Waals surface area contributed by atoms with Crippen molar-refractivity contribution in [2.45, 2.75) is 0 Å². The van der Waals surface area contributed by atoms with Crippen molar-refractivity contribution in [1.82, 2.24) is 4.98 Å². The van der Waals surface area contributed by atoms with Gasteiger partial charge in [0.15, 0.2) is 0 Å². The molecule has 2 nitrogen and oxygen atoms in total. The third-order valence-corrected chi connectivity index (χ3v) is 12.5. The van der Waals surface area contributed by atoms with E-state index in [0.717, 1.165) is 43.8 Å². The first-order valence-corrected chi connectivity index (χ1v) is 16.9. The number of rotatable bonds is 5. The maximum Gasteiger partial charge on any atom is 0.238 e. The molecule has 43 heavy (non-hydrogen) atoms. The van der Waals surface area contributed by atoms with Crippen LogP contribution in [0.4, 0.5) is 0 Å². The highest BCUT2D eigenvalue weighted by atomic mass is 32.1. The summed E-state index contributed by atoms with van der Waals surface area (Å²) in [6.07, 6.45) is 0. The van der Waals surface area contributed by atoms with Gasteiger partial charge in [0.25, 0.3) is 0 Å². The Hall–Kier alpha value is -4.66. The lowest BCUT2D eigenvalue weighted by molar-refractivity contribution is 0.633. The van der Waals surface area contributed by atoms with Crippen molar-refractivity contribution in [3.05, 3.63) is 158 Å². The maximum atomic E-state index is 12.3. The highest BCUT2D eigenvalue weighted by molar-refractivity contribution is 7.91. The molecule has 0 saturated heterocycles. The van der Waals surface area contributed by atoms with Crippen molar-refractivity contribution in [2.75, 3.05) is 0 Å². The second kappa shape index (κ2) is 10.6. The van der Waals surface area contributed by atoms with E-state index in [9.17, 15) is 4.89 Å². The van der Waals surface area contributed by atoms with Crippen LogP contribution < -0.4 is 15.9 Å². The summed E-state index contributed by atoms with van der Waals surface area (Å²) in [5.41, 5.74) is 5.39. The molecule has 2 aromatic heterocycles. The van der Waals surface area contributed by atoms with Crippen molar-refractivity contribution in [2.24, 2.45) is 0 Å². The molecule has 0 saturated carbocycles. The van der Waals surface area contributed by atoms with E-state index in [1.807, 2.05) is 72.0 Å². The largest absolute Gasteiger partial charge is 0.246 e. The fourth-order valence-corrected chi connectivity index (χ4v) is 9.96. The minimum absolute atomic E-state index is 0.942. The number of thiophene rings is 1. The summed E-state index contributed by atoms with van der Waals surface area (Å²) < 4.78 is 2.50. The predicted molar refractivity (Wildman–Crippen MR) is 186 cm³/mol. The SMILES string of the molecule is O[P+](c1ccccc1)(c1ccccc1)c1ccc(-c2ccc(-c3nc4ccccc4c4c3sc3ccccc34)cc2)cc1. The molecule has 0 aliphatic heterocycles. The van der Waals surface area contributed by atoms with Crippen molar-refractivity contribution < 1.29 is 4.89 Å². The van der Waals surface area contributed by atoms with Crippen LogP contribution in [0.25, 0.3) is 53.5 Å². The van der Waals surface area contributed by atoms with Crippen LogP contribution in [0.2, 0.25) is 0 Å². The fourth-order valence-electron chi connectivity index (χ4n) is 6.05. The molecule has 0 aliphatic rings. The molecule has 4 heteroatoms. The molecular formula is C39H27NOPS+. The minimum atomic E-state index is -2.75. The normalized spacial score (nSPS) is 11.8. The van der Waals surface area contributed by atoms with Gasteiger partial charge in [0.05, 0.1) is 15.9 Å². The van der Waals surface area contributed by atoms with E-state index in [1.54, 1.807) is 0 Å². The first kappa shape index (κ1) is 26.0. The third kappa shape index (κ3) is 4.37. The van der Waals surface area contributed by atoms with E-state index in [-0.39, 0.29) is 0 Å². The molecule has 8 aromatic rings. The van der Waals surface area contributed by atoms with Crippen LogP contribution in [0.5, 0.6) is 0 Å². The Bertz CT molecular complexity index is 2190. The van der Waals surface area contributed by atoms with Crippen molar-refractivity contribution in [1.29, 1.82) is 0 Å². The zero-order valence-electron chi connectivity index (χ0n) is 23.3. The number of benzene rings is 6. The Morgan fingerprint density at radius 2 is 0.953 bits per heavy atom. The van der Waals surface area contributed by atoms with Gasteiger partial charge in [-0.25, -0.2) is 9.88 Å². The molecule has 8 rings (SSSR count). The molecule has 6 aromatic carbocycles. The lowest BCUT2D eigenvalue weighted by atomic mass is 10.0. The smallest absolute Gasteiger partial charge is 0.238 e. The molecule has 0 atom stereocenters. The number of fused-ring (bicyclic) bond motifs is 5. The van der Waals surface area contributed by atoms with Crippen molar-refractivity contribution in [3.8, 4) is 22.4 Å². The van der Waals surface area contributed by atoms with Crippen LogP contribution in [0.15, 0.2) is 158 Å². The minimum Gasteiger partial charge on any atom is -0.246 e. The second-order valence-corrected chi connectivity index (χ2v) is 14.6. The zero-order chi connectivity index (χ0) is 28.8. The van der Waals surface area contributed by atoms with Gasteiger partial charge in [0, 0.05) is 26.4 Å². The summed E-state index contributed by atoms with van der Waals surface area (Å²) >= 11 is 1.82. The standard InChI is InChI=1S/C39H27NOPS/c41-42(30-11-3-1-4-12-30,31-13-5-2-6-14-31)32-25-23-28(24-26-32)27-19-21-29(22-20-27)38-39-37(33-15-7-9-17-35(33)40-38)34-16-8-10-18-36(34)43-39/h1-26,41H/q+1. The third-order valence-electron chi connectivity index (χ3n) is 8.21. The van der Waals surface area contributed by atoms with Crippen LogP contribution in [-0.2, 0) is 0 Å². The van der Waals surface area contributed by atoms with Gasteiger partial charge in [-0.15, -0.1) is 11.3 Å². The lowest BCUT2D eigenvalue weighted by Crippen LogP contribution is -2.30. The predicted octanol–water partition coefficient (Wildman–Crippen LogP) is 9.14. The van der Waals surface area contributed by atoms with Gasteiger partial charge in [-0.3, -0.25) is 0 Å². The van der Waals surface area contributed by atoms with E-state index in [2.05, 4.69) is 97.1 Å². The molecule has 0 bridgehead atoms. The van der Waals surface area contributed by atoms with Gasteiger partial charge >= 0.3 is 0 Å². The van der Waals surface area contributed by atoms with E-state index < -0.39 is 7.49 Å². The van der Waals surface area contributed by atoms with Gasteiger partial charge in [0.1, 0.15) is 15.9 Å². The molecular weight excluding hydrogens is 561 g/mol. The molecule has 0 aliphatic carbocycles. The molecule has 0 fully saturated rings. The van der Waals surface area contributed by atoms with E-state index in [1.165, 1.54) is 25.6 Å². The molecule has 204 valence electrons. The van der Waals surface area contributed by atoms with Crippen molar-refractivity contribution >= 4 is 65.8 Å². The van der Waals surface area contributed by atoms with Gasteiger partial charge in [0.2, 0.25) is 7.49 Å². The van der Waals surface area contributed by atoms with Gasteiger partial charge in [-0.05, 0) is 59.7 Å². The van der Waals surface area contributed by atoms with E-state index >= 15 is 0 Å². The highest BCUT2D eigenvalue weighted by Gasteiger charge is 2.44. The summed E-state index contributed by atoms with van der Waals surface area (Å²) in [6, 6.07) is 54.3. The van der Waals surface area contributed by atoms with Crippen LogP contribution in [-0.4, -0.2) is 9.88 Å². The highest BCUT2D eigenvalue weighted by Crippen LogP contribution is 2.51. The average molecular weight is 589 g/mol. The Morgan fingerprint density at radius 1 is 0.465 bits per heavy atom. The first-order valence-electron chi connectivity index (χ1n) is 14.3. The molecule has 1 N–H and O–H groups in total. The Balaban J connectivity index is 1.19.